The molecule has 6 heteroatoms. The number of amides is 2. The van der Waals surface area contributed by atoms with Crippen LogP contribution >= 0.6 is 0 Å². The molecule has 2 amide bonds. The highest BCUT2D eigenvalue weighted by Crippen LogP contribution is 2.34. The minimum absolute atomic E-state index is 0.189. The number of methoxy groups -OCH3 is 1. The van der Waals surface area contributed by atoms with Crippen LogP contribution in [0.2, 0.25) is 0 Å². The number of ether oxygens (including phenoxy) is 1. The first-order valence-corrected chi connectivity index (χ1v) is 8.19. The van der Waals surface area contributed by atoms with Crippen molar-refractivity contribution in [1.82, 2.24) is 9.47 Å². The van der Waals surface area contributed by atoms with Crippen molar-refractivity contribution in [2.24, 2.45) is 7.05 Å². The molecule has 1 N–H and O–H groups in total. The second kappa shape index (κ2) is 7.17. The van der Waals surface area contributed by atoms with Crippen molar-refractivity contribution in [2.75, 3.05) is 25.6 Å². The topological polar surface area (TPSA) is 63.6 Å². The zero-order chi connectivity index (χ0) is 17.0. The van der Waals surface area contributed by atoms with Gasteiger partial charge in [0.05, 0.1) is 12.1 Å². The van der Waals surface area contributed by atoms with E-state index in [2.05, 4.69) is 12.2 Å². The number of nitrogens with one attached hydrogen (secondary N) is 1. The van der Waals surface area contributed by atoms with Crippen LogP contribution < -0.4 is 10.9 Å². The van der Waals surface area contributed by atoms with Gasteiger partial charge in [-0.15, -0.1) is 0 Å². The van der Waals surface area contributed by atoms with Gasteiger partial charge in [-0.05, 0) is 37.8 Å². The van der Waals surface area contributed by atoms with Gasteiger partial charge in [-0.2, -0.15) is 0 Å². The van der Waals surface area contributed by atoms with Gasteiger partial charge in [-0.3, -0.25) is 4.79 Å². The molecule has 1 atom stereocenters. The fourth-order valence-corrected chi connectivity index (χ4v) is 3.52. The first-order chi connectivity index (χ1) is 10.9. The van der Waals surface area contributed by atoms with E-state index in [1.165, 1.54) is 4.57 Å². The molecule has 23 heavy (non-hydrogen) atoms. The number of carbonyl (C=O) groups is 1. The lowest BCUT2D eigenvalue weighted by molar-refractivity contribution is 0.0540. The van der Waals surface area contributed by atoms with Crippen LogP contribution in [0.1, 0.15) is 38.2 Å². The lowest BCUT2D eigenvalue weighted by atomic mass is 9.91. The average Bonchev–Trinajstić information content (AvgIpc) is 2.92. The van der Waals surface area contributed by atoms with Gasteiger partial charge in [0, 0.05) is 26.9 Å². The van der Waals surface area contributed by atoms with Crippen molar-refractivity contribution in [3.8, 4) is 0 Å². The second-order valence-electron chi connectivity index (χ2n) is 6.38. The summed E-state index contributed by atoms with van der Waals surface area (Å²) in [5.74, 6) is 0. The van der Waals surface area contributed by atoms with E-state index in [1.807, 2.05) is 17.9 Å². The SMILES string of the molecule is CCC[C@@]1(COC)CCCN1C(=O)Nc1c(C)ccn(C)c1=O. The van der Waals surface area contributed by atoms with Crippen LogP contribution in [0.5, 0.6) is 0 Å². The lowest BCUT2D eigenvalue weighted by Gasteiger charge is -2.38. The zero-order valence-corrected chi connectivity index (χ0v) is 14.5. The molecule has 6 nitrogen and oxygen atoms in total. The number of hydrogen-bond donors (Lipinski definition) is 1. The van der Waals surface area contributed by atoms with Gasteiger partial charge in [0.1, 0.15) is 5.69 Å². The highest BCUT2D eigenvalue weighted by molar-refractivity contribution is 5.90. The Kier molecular flexibility index (Phi) is 5.46. The van der Waals surface area contributed by atoms with E-state index in [0.717, 1.165) is 31.2 Å². The smallest absolute Gasteiger partial charge is 0.322 e. The van der Waals surface area contributed by atoms with Crippen LogP contribution in [0.25, 0.3) is 0 Å². The van der Waals surface area contributed by atoms with Gasteiger partial charge in [0.25, 0.3) is 5.56 Å². The maximum Gasteiger partial charge on any atom is 0.322 e. The third kappa shape index (κ3) is 3.42. The maximum atomic E-state index is 12.8. The van der Waals surface area contributed by atoms with Gasteiger partial charge in [-0.1, -0.05) is 13.3 Å². The summed E-state index contributed by atoms with van der Waals surface area (Å²) in [6.45, 7) is 5.17. The Balaban J connectivity index is 2.26. The van der Waals surface area contributed by atoms with Crippen LogP contribution in [0.3, 0.4) is 0 Å². The van der Waals surface area contributed by atoms with Crippen molar-refractivity contribution in [3.05, 3.63) is 28.2 Å². The Labute approximate surface area is 137 Å². The highest BCUT2D eigenvalue weighted by Gasteiger charge is 2.43. The first kappa shape index (κ1) is 17.5. The number of aromatic nitrogens is 1. The summed E-state index contributed by atoms with van der Waals surface area (Å²) in [5.41, 5.74) is 0.676. The first-order valence-electron chi connectivity index (χ1n) is 8.19. The third-order valence-corrected chi connectivity index (χ3v) is 4.68. The van der Waals surface area contributed by atoms with Crippen molar-refractivity contribution in [3.63, 3.8) is 0 Å². The molecule has 2 heterocycles. The number of pyridine rings is 1. The van der Waals surface area contributed by atoms with Gasteiger partial charge in [0.15, 0.2) is 0 Å². The summed E-state index contributed by atoms with van der Waals surface area (Å²) in [4.78, 5) is 26.9. The molecule has 1 aromatic rings. The fourth-order valence-electron chi connectivity index (χ4n) is 3.52. The van der Waals surface area contributed by atoms with Gasteiger partial charge in [0.2, 0.25) is 0 Å². The monoisotopic (exact) mass is 321 g/mol. The van der Waals surface area contributed by atoms with E-state index in [0.29, 0.717) is 18.8 Å². The summed E-state index contributed by atoms with van der Waals surface area (Å²) in [6, 6.07) is 1.62. The Morgan fingerprint density at radius 1 is 1.48 bits per heavy atom. The molecular formula is C17H27N3O3. The second-order valence-corrected chi connectivity index (χ2v) is 6.38. The minimum Gasteiger partial charge on any atom is -0.382 e. The van der Waals surface area contributed by atoms with Crippen molar-refractivity contribution < 1.29 is 9.53 Å². The van der Waals surface area contributed by atoms with E-state index in [9.17, 15) is 9.59 Å². The Bertz CT molecular complexity index is 618. The van der Waals surface area contributed by atoms with Crippen molar-refractivity contribution in [2.45, 2.75) is 45.1 Å². The summed E-state index contributed by atoms with van der Waals surface area (Å²) < 4.78 is 6.86. The molecule has 0 radical (unpaired) electrons. The number of urea groups is 1. The normalized spacial score (nSPS) is 20.8. The van der Waals surface area contributed by atoms with E-state index in [-0.39, 0.29) is 17.1 Å². The largest absolute Gasteiger partial charge is 0.382 e. The number of rotatable bonds is 5. The van der Waals surface area contributed by atoms with Crippen LogP contribution in [-0.4, -0.2) is 41.3 Å². The molecule has 0 unspecified atom stereocenters. The summed E-state index contributed by atoms with van der Waals surface area (Å²) in [5, 5.41) is 2.83. The lowest BCUT2D eigenvalue weighted by Crippen LogP contribution is -2.52. The summed E-state index contributed by atoms with van der Waals surface area (Å²) >= 11 is 0. The molecule has 128 valence electrons. The van der Waals surface area contributed by atoms with Crippen LogP contribution in [0.15, 0.2) is 17.1 Å². The minimum atomic E-state index is -0.262. The van der Waals surface area contributed by atoms with E-state index in [4.69, 9.17) is 4.74 Å². The Hall–Kier alpha value is -1.82. The molecule has 1 saturated heterocycles. The molecule has 1 aliphatic rings. The van der Waals surface area contributed by atoms with Gasteiger partial charge >= 0.3 is 6.03 Å². The number of aryl methyl sites for hydroxylation is 2. The van der Waals surface area contributed by atoms with Crippen LogP contribution in [-0.2, 0) is 11.8 Å². The Morgan fingerprint density at radius 3 is 2.87 bits per heavy atom. The van der Waals surface area contributed by atoms with Gasteiger partial charge in [-0.25, -0.2) is 4.79 Å². The molecule has 2 rings (SSSR count). The third-order valence-electron chi connectivity index (χ3n) is 4.68. The number of carbonyl (C=O) groups excluding carboxylic acids is 1. The predicted octanol–water partition coefficient (Wildman–Crippen LogP) is 2.51. The summed E-state index contributed by atoms with van der Waals surface area (Å²) in [6.07, 6.45) is 5.49. The fraction of sp³-hybridized carbons (Fsp3) is 0.647. The van der Waals surface area contributed by atoms with Crippen LogP contribution in [0.4, 0.5) is 10.5 Å². The molecule has 0 spiro atoms. The number of nitrogens with zero attached hydrogens (tertiary/aromatic N) is 2. The van der Waals surface area contributed by atoms with E-state index in [1.54, 1.807) is 20.4 Å². The molecule has 0 aromatic carbocycles. The van der Waals surface area contributed by atoms with Crippen molar-refractivity contribution in [1.29, 1.82) is 0 Å². The number of likely N-dealkylation sites (tertiary alicyclic amines) is 1. The molecular weight excluding hydrogens is 294 g/mol. The Morgan fingerprint density at radius 2 is 2.22 bits per heavy atom. The van der Waals surface area contributed by atoms with Crippen LogP contribution in [0, 0.1) is 6.92 Å². The number of hydrogen-bond acceptors (Lipinski definition) is 3. The molecule has 1 fully saturated rings. The molecule has 1 aromatic heterocycles. The molecule has 0 bridgehead atoms. The van der Waals surface area contributed by atoms with E-state index < -0.39 is 0 Å². The van der Waals surface area contributed by atoms with Gasteiger partial charge < -0.3 is 19.5 Å². The van der Waals surface area contributed by atoms with Crippen molar-refractivity contribution >= 4 is 11.7 Å². The molecule has 0 aliphatic carbocycles. The summed E-state index contributed by atoms with van der Waals surface area (Å²) in [7, 11) is 3.35. The molecule has 1 aliphatic heterocycles. The predicted molar refractivity (Wildman–Crippen MR) is 90.9 cm³/mol. The average molecular weight is 321 g/mol. The maximum absolute atomic E-state index is 12.8. The highest BCUT2D eigenvalue weighted by atomic mass is 16.5. The standard InChI is InChI=1S/C17H27N3O3/c1-5-8-17(12-23-4)9-6-10-20(17)16(22)18-14-13(2)7-11-19(3)15(14)21/h7,11H,5-6,8-10,12H2,1-4H3,(H,18,22)/t17-/m0/s1. The zero-order valence-electron chi connectivity index (χ0n) is 14.5. The number of anilines is 1. The van der Waals surface area contributed by atoms with E-state index >= 15 is 0 Å². The quantitative estimate of drug-likeness (QED) is 0.906. The molecule has 0 saturated carbocycles.